The molecule has 24 heavy (non-hydrogen) atoms. The number of carbonyl (C=O) groups excluding carboxylic acids is 1. The number of nitrogen functional groups attached to an aromatic ring is 1. The first-order chi connectivity index (χ1) is 11.5. The first kappa shape index (κ1) is 16.2. The number of benzene rings is 1. The van der Waals surface area contributed by atoms with Crippen LogP contribution in [0.4, 0.5) is 20.7 Å². The molecule has 0 radical (unpaired) electrons. The summed E-state index contributed by atoms with van der Waals surface area (Å²) in [6, 6.07) is 3.52. The van der Waals surface area contributed by atoms with Crippen LogP contribution in [0.2, 0.25) is 0 Å². The minimum atomic E-state index is -0.706. The van der Waals surface area contributed by atoms with E-state index in [1.54, 1.807) is 0 Å². The number of nitrogens with two attached hydrogens (primary N) is 1. The van der Waals surface area contributed by atoms with Crippen LogP contribution in [-0.4, -0.2) is 40.2 Å². The van der Waals surface area contributed by atoms with Crippen LogP contribution < -0.4 is 16.0 Å². The maximum atomic E-state index is 13.6. The number of aromatic amines is 1. The van der Waals surface area contributed by atoms with Gasteiger partial charge in [0.05, 0.1) is 6.42 Å². The Morgan fingerprint density at radius 2 is 2.00 bits per heavy atom. The molecule has 1 saturated heterocycles. The second-order valence-electron chi connectivity index (χ2n) is 5.73. The van der Waals surface area contributed by atoms with Crippen molar-refractivity contribution in [1.82, 2.24) is 20.5 Å². The summed E-state index contributed by atoms with van der Waals surface area (Å²) in [4.78, 5) is 18.1. The lowest BCUT2D eigenvalue weighted by Gasteiger charge is -2.31. The number of aromatic nitrogens is 3. The lowest BCUT2D eigenvalue weighted by atomic mass is 10.0. The summed E-state index contributed by atoms with van der Waals surface area (Å²) < 4.78 is 27.2. The van der Waals surface area contributed by atoms with Gasteiger partial charge in [0.15, 0.2) is 0 Å². The third-order valence-corrected chi connectivity index (χ3v) is 4.03. The maximum Gasteiger partial charge on any atom is 0.246 e. The predicted molar refractivity (Wildman–Crippen MR) is 84.2 cm³/mol. The van der Waals surface area contributed by atoms with Crippen molar-refractivity contribution in [3.8, 4) is 0 Å². The normalized spacial score (nSPS) is 15.5. The Balaban J connectivity index is 1.51. The van der Waals surface area contributed by atoms with Gasteiger partial charge in [0.1, 0.15) is 11.6 Å². The zero-order chi connectivity index (χ0) is 17.1. The van der Waals surface area contributed by atoms with Crippen LogP contribution in [0.1, 0.15) is 18.4 Å². The summed E-state index contributed by atoms with van der Waals surface area (Å²) in [7, 11) is 0. The average molecular weight is 336 g/mol. The number of nitrogens with zero attached hydrogens (tertiary/aromatic N) is 3. The highest BCUT2D eigenvalue weighted by Crippen LogP contribution is 2.17. The van der Waals surface area contributed by atoms with E-state index in [0.717, 1.165) is 12.1 Å². The molecule has 3 rings (SSSR count). The Morgan fingerprint density at radius 1 is 1.33 bits per heavy atom. The predicted octanol–water partition coefficient (Wildman–Crippen LogP) is 0.993. The number of hydrogen-bond acceptors (Lipinski definition) is 5. The number of H-pyrrole nitrogens is 1. The molecule has 1 aliphatic rings. The summed E-state index contributed by atoms with van der Waals surface area (Å²) in [5, 5.41) is 9.40. The van der Waals surface area contributed by atoms with Crippen molar-refractivity contribution >= 4 is 17.8 Å². The molecule has 4 N–H and O–H groups in total. The Morgan fingerprint density at radius 3 is 2.58 bits per heavy atom. The van der Waals surface area contributed by atoms with Gasteiger partial charge in [0.2, 0.25) is 17.8 Å². The first-order valence-corrected chi connectivity index (χ1v) is 7.68. The van der Waals surface area contributed by atoms with Crippen LogP contribution in [0, 0.1) is 11.6 Å². The van der Waals surface area contributed by atoms with Gasteiger partial charge in [0, 0.05) is 24.7 Å². The summed E-state index contributed by atoms with van der Waals surface area (Å²) >= 11 is 0. The van der Waals surface area contributed by atoms with Gasteiger partial charge >= 0.3 is 0 Å². The van der Waals surface area contributed by atoms with Crippen molar-refractivity contribution < 1.29 is 13.6 Å². The molecule has 2 aromatic rings. The van der Waals surface area contributed by atoms with Crippen molar-refractivity contribution in [3.05, 3.63) is 35.4 Å². The van der Waals surface area contributed by atoms with Gasteiger partial charge in [-0.15, -0.1) is 5.10 Å². The number of piperidine rings is 1. The molecule has 128 valence electrons. The fraction of sp³-hybridized carbons (Fsp3) is 0.400. The van der Waals surface area contributed by atoms with Crippen molar-refractivity contribution in [3.63, 3.8) is 0 Å². The van der Waals surface area contributed by atoms with E-state index in [-0.39, 0.29) is 29.9 Å². The van der Waals surface area contributed by atoms with E-state index in [4.69, 9.17) is 5.73 Å². The van der Waals surface area contributed by atoms with E-state index >= 15 is 0 Å². The summed E-state index contributed by atoms with van der Waals surface area (Å²) in [5.74, 6) is -1.01. The summed E-state index contributed by atoms with van der Waals surface area (Å²) in [6.45, 7) is 1.33. The fourth-order valence-corrected chi connectivity index (χ4v) is 2.77. The van der Waals surface area contributed by atoms with Gasteiger partial charge in [-0.2, -0.15) is 4.98 Å². The van der Waals surface area contributed by atoms with Gasteiger partial charge in [-0.3, -0.25) is 4.79 Å². The summed E-state index contributed by atoms with van der Waals surface area (Å²) in [6.07, 6.45) is 1.08. The minimum Gasteiger partial charge on any atom is -0.368 e. The number of halogens is 2. The molecule has 0 atom stereocenters. The molecule has 1 amide bonds. The topological polar surface area (TPSA) is 99.9 Å². The second kappa shape index (κ2) is 6.81. The molecule has 1 fully saturated rings. The SMILES string of the molecule is Nc1nc(N2CCC(NC(=O)Cc3c(F)cccc3F)CC2)n[nH]1. The minimum absolute atomic E-state index is 0.0418. The fourth-order valence-electron chi connectivity index (χ4n) is 2.77. The number of rotatable bonds is 4. The van der Waals surface area contributed by atoms with E-state index in [0.29, 0.717) is 31.9 Å². The van der Waals surface area contributed by atoms with Gasteiger partial charge < -0.3 is 16.0 Å². The van der Waals surface area contributed by atoms with Crippen LogP contribution in [-0.2, 0) is 11.2 Å². The van der Waals surface area contributed by atoms with Crippen molar-refractivity contribution in [2.45, 2.75) is 25.3 Å². The molecule has 1 aromatic carbocycles. The van der Waals surface area contributed by atoms with Crippen LogP contribution in [0.3, 0.4) is 0 Å². The van der Waals surface area contributed by atoms with Gasteiger partial charge in [-0.05, 0) is 25.0 Å². The standard InChI is InChI=1S/C15H18F2N6O/c16-11-2-1-3-12(17)10(11)8-13(24)19-9-4-6-23(7-5-9)15-20-14(18)21-22-15/h1-3,9H,4-8H2,(H,19,24)(H3,18,20,21,22). The number of anilines is 2. The van der Waals surface area contributed by atoms with Gasteiger partial charge in [0.25, 0.3) is 0 Å². The number of nitrogens with one attached hydrogen (secondary N) is 2. The molecular formula is C15H18F2N6O. The number of amides is 1. The lowest BCUT2D eigenvalue weighted by Crippen LogP contribution is -2.45. The molecular weight excluding hydrogens is 318 g/mol. The van der Waals surface area contributed by atoms with Crippen LogP contribution in [0.15, 0.2) is 18.2 Å². The molecule has 2 heterocycles. The van der Waals surface area contributed by atoms with Crippen molar-refractivity contribution in [2.75, 3.05) is 23.7 Å². The second-order valence-corrected chi connectivity index (χ2v) is 5.73. The molecule has 1 aliphatic heterocycles. The largest absolute Gasteiger partial charge is 0.368 e. The zero-order valence-electron chi connectivity index (χ0n) is 12.9. The highest BCUT2D eigenvalue weighted by atomic mass is 19.1. The Bertz CT molecular complexity index is 706. The van der Waals surface area contributed by atoms with Gasteiger partial charge in [-0.1, -0.05) is 6.07 Å². The molecule has 0 unspecified atom stereocenters. The monoisotopic (exact) mass is 336 g/mol. The molecule has 0 bridgehead atoms. The number of hydrogen-bond donors (Lipinski definition) is 3. The quantitative estimate of drug-likeness (QED) is 0.773. The lowest BCUT2D eigenvalue weighted by molar-refractivity contribution is -0.121. The molecule has 9 heteroatoms. The Labute approximate surface area is 137 Å². The van der Waals surface area contributed by atoms with Crippen LogP contribution in [0.25, 0.3) is 0 Å². The highest BCUT2D eigenvalue weighted by Gasteiger charge is 2.23. The van der Waals surface area contributed by atoms with Gasteiger partial charge in [-0.25, -0.2) is 13.9 Å². The van der Waals surface area contributed by atoms with Crippen molar-refractivity contribution in [1.29, 1.82) is 0 Å². The third kappa shape index (κ3) is 3.61. The zero-order valence-corrected chi connectivity index (χ0v) is 12.9. The molecule has 0 aliphatic carbocycles. The summed E-state index contributed by atoms with van der Waals surface area (Å²) in [5.41, 5.74) is 5.30. The first-order valence-electron chi connectivity index (χ1n) is 7.68. The van der Waals surface area contributed by atoms with E-state index in [9.17, 15) is 13.6 Å². The molecule has 1 aromatic heterocycles. The molecule has 0 spiro atoms. The Hall–Kier alpha value is -2.71. The van der Waals surface area contributed by atoms with Crippen LogP contribution in [0.5, 0.6) is 0 Å². The molecule has 7 nitrogen and oxygen atoms in total. The van der Waals surface area contributed by atoms with E-state index < -0.39 is 11.6 Å². The van der Waals surface area contributed by atoms with E-state index in [2.05, 4.69) is 20.5 Å². The molecule has 0 saturated carbocycles. The third-order valence-electron chi connectivity index (χ3n) is 4.03. The Kier molecular flexibility index (Phi) is 4.59. The smallest absolute Gasteiger partial charge is 0.246 e. The highest BCUT2D eigenvalue weighted by molar-refractivity contribution is 5.79. The van der Waals surface area contributed by atoms with E-state index in [1.807, 2.05) is 4.90 Å². The van der Waals surface area contributed by atoms with Crippen molar-refractivity contribution in [2.24, 2.45) is 0 Å². The maximum absolute atomic E-state index is 13.6. The van der Waals surface area contributed by atoms with E-state index in [1.165, 1.54) is 6.07 Å². The number of carbonyl (C=O) groups is 1. The average Bonchev–Trinajstić information content (AvgIpc) is 2.98. The van der Waals surface area contributed by atoms with Crippen LogP contribution >= 0.6 is 0 Å².